The molecule has 0 saturated heterocycles. The third-order valence-corrected chi connectivity index (χ3v) is 2.17. The first kappa shape index (κ1) is 16.2. The van der Waals surface area contributed by atoms with Crippen molar-refractivity contribution in [1.82, 2.24) is 5.32 Å². The van der Waals surface area contributed by atoms with Gasteiger partial charge in [-0.2, -0.15) is 0 Å². The van der Waals surface area contributed by atoms with Crippen molar-refractivity contribution < 1.29 is 9.53 Å². The standard InChI is InChI=1S/C13H28N2O2/c1-12(2,3)7-10(8-14)9-15-11(16)17-13(4,5)6/h10H,7-9,14H2,1-6H3,(H,15,16). The quantitative estimate of drug-likeness (QED) is 0.798. The molecule has 1 atom stereocenters. The molecule has 3 N–H and O–H groups in total. The lowest BCUT2D eigenvalue weighted by Crippen LogP contribution is -2.38. The van der Waals surface area contributed by atoms with Crippen LogP contribution in [0.25, 0.3) is 0 Å². The molecule has 0 aliphatic heterocycles. The molecule has 17 heavy (non-hydrogen) atoms. The zero-order valence-corrected chi connectivity index (χ0v) is 12.1. The minimum Gasteiger partial charge on any atom is -0.444 e. The number of rotatable bonds is 4. The van der Waals surface area contributed by atoms with E-state index in [2.05, 4.69) is 26.1 Å². The zero-order valence-electron chi connectivity index (χ0n) is 12.1. The fraction of sp³-hybridized carbons (Fsp3) is 0.923. The molecule has 4 heteroatoms. The molecule has 1 unspecified atom stereocenters. The monoisotopic (exact) mass is 244 g/mol. The van der Waals surface area contributed by atoms with Gasteiger partial charge in [0.1, 0.15) is 5.60 Å². The molecular formula is C13H28N2O2. The minimum absolute atomic E-state index is 0.222. The van der Waals surface area contributed by atoms with E-state index in [-0.39, 0.29) is 11.5 Å². The van der Waals surface area contributed by atoms with Crippen molar-refractivity contribution in [3.05, 3.63) is 0 Å². The molecule has 0 aliphatic rings. The van der Waals surface area contributed by atoms with E-state index in [4.69, 9.17) is 10.5 Å². The predicted octanol–water partition coefficient (Wildman–Crippen LogP) is 2.52. The topological polar surface area (TPSA) is 64.3 Å². The maximum absolute atomic E-state index is 11.5. The maximum atomic E-state index is 11.5. The highest BCUT2D eigenvalue weighted by atomic mass is 16.6. The van der Waals surface area contributed by atoms with E-state index >= 15 is 0 Å². The molecule has 0 bridgehead atoms. The summed E-state index contributed by atoms with van der Waals surface area (Å²) in [6.07, 6.45) is 0.615. The molecule has 1 amide bonds. The fourth-order valence-corrected chi connectivity index (χ4v) is 1.65. The number of nitrogens with one attached hydrogen (secondary N) is 1. The first-order valence-corrected chi connectivity index (χ1v) is 6.20. The summed E-state index contributed by atoms with van der Waals surface area (Å²) in [6, 6.07) is 0. The number of hydrogen-bond acceptors (Lipinski definition) is 3. The predicted molar refractivity (Wildman–Crippen MR) is 70.9 cm³/mol. The van der Waals surface area contributed by atoms with Crippen LogP contribution in [0.1, 0.15) is 48.0 Å². The summed E-state index contributed by atoms with van der Waals surface area (Å²) in [7, 11) is 0. The second kappa shape index (κ2) is 6.24. The number of nitrogens with two attached hydrogens (primary N) is 1. The van der Waals surface area contributed by atoms with Gasteiger partial charge < -0.3 is 15.8 Å². The number of carbonyl (C=O) groups excluding carboxylic acids is 1. The van der Waals surface area contributed by atoms with Crippen LogP contribution in [0.4, 0.5) is 4.79 Å². The Morgan fingerprint density at radius 3 is 2.12 bits per heavy atom. The van der Waals surface area contributed by atoms with Gasteiger partial charge in [-0.05, 0) is 45.1 Å². The van der Waals surface area contributed by atoms with Gasteiger partial charge in [-0.25, -0.2) is 4.79 Å². The maximum Gasteiger partial charge on any atom is 0.407 e. The van der Waals surface area contributed by atoms with Gasteiger partial charge in [0.05, 0.1) is 0 Å². The van der Waals surface area contributed by atoms with Crippen LogP contribution in [-0.4, -0.2) is 24.8 Å². The zero-order chi connectivity index (χ0) is 13.7. The summed E-state index contributed by atoms with van der Waals surface area (Å²) in [4.78, 5) is 11.5. The van der Waals surface area contributed by atoms with Gasteiger partial charge in [0, 0.05) is 6.54 Å². The molecule has 0 rings (SSSR count). The number of amides is 1. The molecule has 102 valence electrons. The van der Waals surface area contributed by atoms with Gasteiger partial charge in [0.25, 0.3) is 0 Å². The summed E-state index contributed by atoms with van der Waals surface area (Å²) in [5.74, 6) is 0.294. The van der Waals surface area contributed by atoms with Crippen LogP contribution in [-0.2, 0) is 4.74 Å². The van der Waals surface area contributed by atoms with Gasteiger partial charge in [-0.15, -0.1) is 0 Å². The summed E-state index contributed by atoms with van der Waals surface area (Å²) in [5.41, 5.74) is 5.47. The van der Waals surface area contributed by atoms with Crippen LogP contribution in [0.5, 0.6) is 0 Å². The van der Waals surface area contributed by atoms with Gasteiger partial charge in [0.2, 0.25) is 0 Å². The van der Waals surface area contributed by atoms with E-state index in [0.29, 0.717) is 19.0 Å². The van der Waals surface area contributed by atoms with Gasteiger partial charge in [-0.1, -0.05) is 20.8 Å². The Morgan fingerprint density at radius 1 is 1.24 bits per heavy atom. The van der Waals surface area contributed by atoms with E-state index in [1.165, 1.54) is 0 Å². The number of hydrogen-bond donors (Lipinski definition) is 2. The molecule has 0 aliphatic carbocycles. The molecule has 0 aromatic rings. The van der Waals surface area contributed by atoms with Crippen LogP contribution < -0.4 is 11.1 Å². The Morgan fingerprint density at radius 2 is 1.76 bits per heavy atom. The molecule has 0 saturated carbocycles. The van der Waals surface area contributed by atoms with E-state index in [0.717, 1.165) is 6.42 Å². The van der Waals surface area contributed by atoms with E-state index in [1.54, 1.807) is 0 Å². The second-order valence-corrected chi connectivity index (χ2v) is 6.75. The van der Waals surface area contributed by atoms with Gasteiger partial charge >= 0.3 is 6.09 Å². The number of alkyl carbamates (subject to hydrolysis) is 1. The van der Waals surface area contributed by atoms with Crippen molar-refractivity contribution in [1.29, 1.82) is 0 Å². The van der Waals surface area contributed by atoms with E-state index in [1.807, 2.05) is 20.8 Å². The molecule has 0 heterocycles. The second-order valence-electron chi connectivity index (χ2n) is 6.75. The Kier molecular flexibility index (Phi) is 5.96. The number of carbonyl (C=O) groups is 1. The lowest BCUT2D eigenvalue weighted by atomic mass is 9.84. The highest BCUT2D eigenvalue weighted by Gasteiger charge is 2.20. The molecule has 0 fully saturated rings. The average Bonchev–Trinajstić information content (AvgIpc) is 2.07. The van der Waals surface area contributed by atoms with E-state index in [9.17, 15) is 4.79 Å². The molecular weight excluding hydrogens is 216 g/mol. The molecule has 0 spiro atoms. The lowest BCUT2D eigenvalue weighted by Gasteiger charge is -2.26. The van der Waals surface area contributed by atoms with Crippen molar-refractivity contribution in [2.24, 2.45) is 17.1 Å². The largest absolute Gasteiger partial charge is 0.444 e. The normalized spacial score (nSPS) is 14.3. The van der Waals surface area contributed by atoms with Crippen LogP contribution in [0.2, 0.25) is 0 Å². The highest BCUT2D eigenvalue weighted by Crippen LogP contribution is 2.23. The Hall–Kier alpha value is -0.770. The summed E-state index contributed by atoms with van der Waals surface area (Å²) in [6.45, 7) is 13.2. The van der Waals surface area contributed by atoms with Crippen molar-refractivity contribution in [3.63, 3.8) is 0 Å². The van der Waals surface area contributed by atoms with Crippen molar-refractivity contribution in [2.75, 3.05) is 13.1 Å². The van der Waals surface area contributed by atoms with Gasteiger partial charge in [0.15, 0.2) is 0 Å². The average molecular weight is 244 g/mol. The summed E-state index contributed by atoms with van der Waals surface area (Å²) >= 11 is 0. The summed E-state index contributed by atoms with van der Waals surface area (Å²) in [5, 5.41) is 2.77. The minimum atomic E-state index is -0.452. The van der Waals surface area contributed by atoms with Crippen molar-refractivity contribution >= 4 is 6.09 Å². The summed E-state index contributed by atoms with van der Waals surface area (Å²) < 4.78 is 5.17. The van der Waals surface area contributed by atoms with Crippen LogP contribution in [0.15, 0.2) is 0 Å². The molecule has 4 nitrogen and oxygen atoms in total. The molecule has 0 aromatic heterocycles. The highest BCUT2D eigenvalue weighted by molar-refractivity contribution is 5.67. The third kappa shape index (κ3) is 10.1. The van der Waals surface area contributed by atoms with Crippen molar-refractivity contribution in [3.8, 4) is 0 Å². The van der Waals surface area contributed by atoms with Gasteiger partial charge in [-0.3, -0.25) is 0 Å². The van der Waals surface area contributed by atoms with Crippen LogP contribution in [0.3, 0.4) is 0 Å². The third-order valence-electron chi connectivity index (χ3n) is 2.17. The Bertz CT molecular complexity index is 239. The Balaban J connectivity index is 4.03. The van der Waals surface area contributed by atoms with Crippen LogP contribution >= 0.6 is 0 Å². The lowest BCUT2D eigenvalue weighted by molar-refractivity contribution is 0.0515. The SMILES string of the molecule is CC(C)(C)CC(CN)CNC(=O)OC(C)(C)C. The molecule has 0 radical (unpaired) electrons. The van der Waals surface area contributed by atoms with E-state index < -0.39 is 5.60 Å². The van der Waals surface area contributed by atoms with Crippen LogP contribution in [0, 0.1) is 11.3 Å². The fourth-order valence-electron chi connectivity index (χ4n) is 1.65. The first-order chi connectivity index (χ1) is 7.53. The first-order valence-electron chi connectivity index (χ1n) is 6.20. The smallest absolute Gasteiger partial charge is 0.407 e. The Labute approximate surface area is 105 Å². The number of ether oxygens (including phenoxy) is 1. The molecule has 0 aromatic carbocycles. The van der Waals surface area contributed by atoms with Crippen molar-refractivity contribution in [2.45, 2.75) is 53.6 Å².